The summed E-state index contributed by atoms with van der Waals surface area (Å²) in [6.45, 7) is -1.88. The van der Waals surface area contributed by atoms with E-state index in [0.717, 1.165) is 0 Å². The van der Waals surface area contributed by atoms with E-state index in [-0.39, 0.29) is 7.43 Å². The summed E-state index contributed by atoms with van der Waals surface area (Å²) in [5.41, 5.74) is 0. The molecule has 0 radical (unpaired) electrons. The molecule has 0 bridgehead atoms. The van der Waals surface area contributed by atoms with Crippen LogP contribution in [0, 0.1) is 0 Å². The second kappa shape index (κ2) is 7.02. The molecule has 0 rings (SSSR count). The first-order chi connectivity index (χ1) is 6.28. The van der Waals surface area contributed by atoms with Gasteiger partial charge in [-0.1, -0.05) is 7.43 Å². The van der Waals surface area contributed by atoms with Crippen LogP contribution in [0.4, 0.5) is 0 Å². The quantitative estimate of drug-likeness (QED) is 0.339. The van der Waals surface area contributed by atoms with Crippen molar-refractivity contribution in [1.82, 2.24) is 0 Å². The molecular weight excluding hydrogens is 231 g/mol. The van der Waals surface area contributed by atoms with Crippen LogP contribution in [0.3, 0.4) is 0 Å². The Hall–Kier alpha value is -0.340. The molecule has 0 amide bonds. The van der Waals surface area contributed by atoms with Crippen molar-refractivity contribution in [3.05, 3.63) is 0 Å². The molecule has 92 valence electrons. The molecule has 15 heavy (non-hydrogen) atoms. The molecule has 0 spiro atoms. The fourth-order valence-corrected chi connectivity index (χ4v) is 0.920. The summed E-state index contributed by atoms with van der Waals surface area (Å²) in [7, 11) is -4.74. The van der Waals surface area contributed by atoms with Crippen LogP contribution in [-0.2, 0) is 13.9 Å². The van der Waals surface area contributed by atoms with Gasteiger partial charge in [-0.2, -0.15) is 0 Å². The number of phosphoric ester groups is 1. The molecule has 8 nitrogen and oxygen atoms in total. The van der Waals surface area contributed by atoms with Crippen LogP contribution in [0.25, 0.3) is 0 Å². The Morgan fingerprint density at radius 2 is 1.80 bits per heavy atom. The number of aliphatic hydroxyl groups is 3. The van der Waals surface area contributed by atoms with Crippen LogP contribution in [0.5, 0.6) is 0 Å². The highest BCUT2D eigenvalue weighted by Crippen LogP contribution is 2.35. The van der Waals surface area contributed by atoms with Crippen LogP contribution in [0.2, 0.25) is 0 Å². The van der Waals surface area contributed by atoms with Gasteiger partial charge in [0.15, 0.2) is 5.78 Å². The fraction of sp³-hybridized carbons (Fsp3) is 0.833. The van der Waals surface area contributed by atoms with Crippen molar-refractivity contribution in [3.63, 3.8) is 0 Å². The van der Waals surface area contributed by atoms with E-state index in [1.54, 1.807) is 0 Å². The Labute approximate surface area is 86.4 Å². The monoisotopic (exact) mass is 246 g/mol. The Kier molecular flexibility index (Phi) is 7.99. The predicted octanol–water partition coefficient (Wildman–Crippen LogP) is -1.99. The summed E-state index contributed by atoms with van der Waals surface area (Å²) < 4.78 is 14.0. The minimum Gasteiger partial charge on any atom is -0.388 e. The third-order valence-corrected chi connectivity index (χ3v) is 1.75. The number of aliphatic hydroxyl groups excluding tert-OH is 3. The van der Waals surface area contributed by atoms with Crippen LogP contribution in [0.1, 0.15) is 7.43 Å². The number of phosphoric acid groups is 1. The molecule has 9 heteroatoms. The Morgan fingerprint density at radius 3 is 2.13 bits per heavy atom. The van der Waals surface area contributed by atoms with Gasteiger partial charge in [-0.15, -0.1) is 0 Å². The van der Waals surface area contributed by atoms with Crippen LogP contribution >= 0.6 is 7.82 Å². The van der Waals surface area contributed by atoms with Gasteiger partial charge in [0.1, 0.15) is 18.8 Å². The summed E-state index contributed by atoms with van der Waals surface area (Å²) in [4.78, 5) is 27.0. The molecule has 0 aliphatic heterocycles. The van der Waals surface area contributed by atoms with Crippen molar-refractivity contribution < 1.29 is 39.0 Å². The van der Waals surface area contributed by atoms with Gasteiger partial charge < -0.3 is 25.1 Å². The normalized spacial score (nSPS) is 15.3. The van der Waals surface area contributed by atoms with E-state index in [9.17, 15) is 9.36 Å². The fourth-order valence-electron chi connectivity index (χ4n) is 0.573. The molecule has 0 aromatic heterocycles. The number of ketones is 1. The van der Waals surface area contributed by atoms with Crippen molar-refractivity contribution in [2.75, 3.05) is 13.2 Å². The Balaban J connectivity index is 0. The number of hydrogen-bond acceptors (Lipinski definition) is 6. The summed E-state index contributed by atoms with van der Waals surface area (Å²) in [6.07, 6.45) is -3.71. The van der Waals surface area contributed by atoms with Crippen molar-refractivity contribution >= 4 is 13.6 Å². The molecule has 0 heterocycles. The lowest BCUT2D eigenvalue weighted by atomic mass is 10.1. The van der Waals surface area contributed by atoms with E-state index in [4.69, 9.17) is 25.1 Å². The zero-order chi connectivity index (χ0) is 11.4. The molecule has 0 unspecified atom stereocenters. The third kappa shape index (κ3) is 7.57. The van der Waals surface area contributed by atoms with Gasteiger partial charge in [0.2, 0.25) is 0 Å². The largest absolute Gasteiger partial charge is 0.469 e. The third-order valence-electron chi connectivity index (χ3n) is 1.26. The molecule has 0 aromatic rings. The van der Waals surface area contributed by atoms with Crippen LogP contribution < -0.4 is 0 Å². The standard InChI is InChI=1S/C5H11O8P.CH4/c6-1-3(7)5(9)4(8)2-13-14(10,11)12;/h4-6,8-9H,1-2H2,(H2,10,11,12);1H4/t4-,5-;/m1./s1. The highest BCUT2D eigenvalue weighted by atomic mass is 31.2. The van der Waals surface area contributed by atoms with Gasteiger partial charge in [0.05, 0.1) is 6.61 Å². The molecule has 0 aliphatic rings. The first-order valence-corrected chi connectivity index (χ1v) is 5.00. The summed E-state index contributed by atoms with van der Waals surface area (Å²) in [5, 5.41) is 26.1. The van der Waals surface area contributed by atoms with Crippen LogP contribution in [-0.4, -0.2) is 56.3 Å². The highest BCUT2D eigenvalue weighted by Gasteiger charge is 2.26. The van der Waals surface area contributed by atoms with Crippen molar-refractivity contribution in [2.24, 2.45) is 0 Å². The van der Waals surface area contributed by atoms with E-state index in [1.807, 2.05) is 0 Å². The van der Waals surface area contributed by atoms with Crippen molar-refractivity contribution in [2.45, 2.75) is 19.6 Å². The lowest BCUT2D eigenvalue weighted by molar-refractivity contribution is -0.137. The number of rotatable bonds is 6. The lowest BCUT2D eigenvalue weighted by Crippen LogP contribution is -2.38. The first kappa shape index (κ1) is 17.1. The van der Waals surface area contributed by atoms with E-state index < -0.39 is 39.0 Å². The summed E-state index contributed by atoms with van der Waals surface area (Å²) in [6, 6.07) is 0. The summed E-state index contributed by atoms with van der Waals surface area (Å²) >= 11 is 0. The zero-order valence-electron chi connectivity index (χ0n) is 6.98. The first-order valence-electron chi connectivity index (χ1n) is 3.47. The van der Waals surface area contributed by atoms with Gasteiger partial charge in [-0.25, -0.2) is 4.57 Å². The van der Waals surface area contributed by atoms with Gasteiger partial charge in [-0.3, -0.25) is 9.32 Å². The maximum atomic E-state index is 10.6. The SMILES string of the molecule is C.O=C(CO)[C@@H](O)[C@H](O)COP(=O)(O)O. The molecule has 2 atom stereocenters. The smallest absolute Gasteiger partial charge is 0.388 e. The van der Waals surface area contributed by atoms with Crippen molar-refractivity contribution in [1.29, 1.82) is 0 Å². The Bertz CT molecular complexity index is 235. The van der Waals surface area contributed by atoms with E-state index in [0.29, 0.717) is 0 Å². The highest BCUT2D eigenvalue weighted by molar-refractivity contribution is 7.46. The topological polar surface area (TPSA) is 145 Å². The van der Waals surface area contributed by atoms with E-state index in [2.05, 4.69) is 4.52 Å². The lowest BCUT2D eigenvalue weighted by Gasteiger charge is -2.15. The van der Waals surface area contributed by atoms with Crippen molar-refractivity contribution in [3.8, 4) is 0 Å². The molecular formula is C6H15O8P. The average molecular weight is 246 g/mol. The van der Waals surface area contributed by atoms with E-state index in [1.165, 1.54) is 0 Å². The molecule has 0 aliphatic carbocycles. The average Bonchev–Trinajstić information content (AvgIpc) is 2.10. The number of carbonyl (C=O) groups is 1. The minimum atomic E-state index is -4.74. The zero-order valence-corrected chi connectivity index (χ0v) is 7.87. The second-order valence-corrected chi connectivity index (χ2v) is 3.66. The Morgan fingerprint density at radius 1 is 1.33 bits per heavy atom. The second-order valence-electron chi connectivity index (χ2n) is 2.42. The molecule has 0 saturated carbocycles. The number of Topliss-reactive ketones (excluding diaryl/α,β-unsaturated/α-hetero) is 1. The van der Waals surface area contributed by atoms with Gasteiger partial charge in [-0.05, 0) is 0 Å². The molecule has 0 aromatic carbocycles. The maximum absolute atomic E-state index is 10.6. The number of hydrogen-bond donors (Lipinski definition) is 5. The maximum Gasteiger partial charge on any atom is 0.469 e. The van der Waals surface area contributed by atoms with Gasteiger partial charge in [0.25, 0.3) is 0 Å². The molecule has 0 saturated heterocycles. The molecule has 0 fully saturated rings. The van der Waals surface area contributed by atoms with Gasteiger partial charge >= 0.3 is 7.82 Å². The number of carbonyl (C=O) groups excluding carboxylic acids is 1. The van der Waals surface area contributed by atoms with Crippen LogP contribution in [0.15, 0.2) is 0 Å². The predicted molar refractivity (Wildman–Crippen MR) is 48.8 cm³/mol. The summed E-state index contributed by atoms with van der Waals surface area (Å²) in [5.74, 6) is -1.06. The van der Waals surface area contributed by atoms with E-state index >= 15 is 0 Å². The van der Waals surface area contributed by atoms with Gasteiger partial charge in [0, 0.05) is 0 Å². The minimum absolute atomic E-state index is 0. The molecule has 5 N–H and O–H groups in total.